The number of anilines is 1. The SMILES string of the molecule is O=C(Nc1ccc(Cl)c(Cl)c1)C1CCCN(Cc2ccc(Cl)cc2Cl)C1. The number of nitrogens with one attached hydrogen (secondary N) is 1. The van der Waals surface area contributed by atoms with Crippen molar-refractivity contribution in [3.63, 3.8) is 0 Å². The summed E-state index contributed by atoms with van der Waals surface area (Å²) in [6, 6.07) is 10.6. The molecule has 1 atom stereocenters. The quantitative estimate of drug-likeness (QED) is 0.629. The fraction of sp³-hybridized carbons (Fsp3) is 0.316. The van der Waals surface area contributed by atoms with E-state index in [1.807, 2.05) is 12.1 Å². The number of hydrogen-bond acceptors (Lipinski definition) is 2. The molecule has 0 bridgehead atoms. The highest BCUT2D eigenvalue weighted by Crippen LogP contribution is 2.27. The zero-order valence-corrected chi connectivity index (χ0v) is 17.0. The third-order valence-corrected chi connectivity index (χ3v) is 5.80. The van der Waals surface area contributed by atoms with E-state index in [1.165, 1.54) is 0 Å². The van der Waals surface area contributed by atoms with Gasteiger partial charge in [0.2, 0.25) is 5.91 Å². The van der Waals surface area contributed by atoms with Crippen LogP contribution in [0.15, 0.2) is 36.4 Å². The van der Waals surface area contributed by atoms with Gasteiger partial charge in [0.25, 0.3) is 0 Å². The van der Waals surface area contributed by atoms with Crippen molar-refractivity contribution in [1.29, 1.82) is 0 Å². The lowest BCUT2D eigenvalue weighted by Gasteiger charge is -2.32. The topological polar surface area (TPSA) is 32.3 Å². The molecule has 0 aliphatic carbocycles. The molecule has 1 N–H and O–H groups in total. The molecule has 1 amide bonds. The largest absolute Gasteiger partial charge is 0.326 e. The van der Waals surface area contributed by atoms with Gasteiger partial charge < -0.3 is 5.32 Å². The Morgan fingerprint density at radius 3 is 2.58 bits per heavy atom. The van der Waals surface area contributed by atoms with Gasteiger partial charge in [0.1, 0.15) is 0 Å². The van der Waals surface area contributed by atoms with E-state index in [0.29, 0.717) is 38.9 Å². The number of nitrogens with zero attached hydrogens (tertiary/aromatic N) is 1. The first-order valence-electron chi connectivity index (χ1n) is 8.34. The number of likely N-dealkylation sites (tertiary alicyclic amines) is 1. The Hall–Kier alpha value is -0.970. The van der Waals surface area contributed by atoms with Crippen LogP contribution >= 0.6 is 46.4 Å². The van der Waals surface area contributed by atoms with Crippen molar-refractivity contribution < 1.29 is 4.79 Å². The molecular formula is C19H18Cl4N2O. The van der Waals surface area contributed by atoms with E-state index in [9.17, 15) is 4.79 Å². The highest BCUT2D eigenvalue weighted by atomic mass is 35.5. The summed E-state index contributed by atoms with van der Waals surface area (Å²) in [5.74, 6) is -0.0837. The number of benzene rings is 2. The molecular weight excluding hydrogens is 414 g/mol. The molecule has 3 rings (SSSR count). The standard InChI is InChI=1S/C19H18Cl4N2O/c20-14-4-3-12(17(22)8-14)10-25-7-1-2-13(11-25)19(26)24-15-5-6-16(21)18(23)9-15/h3-6,8-9,13H,1-2,7,10-11H2,(H,24,26). The minimum absolute atomic E-state index is 0.00436. The molecule has 0 radical (unpaired) electrons. The first-order valence-corrected chi connectivity index (χ1v) is 9.86. The highest BCUT2D eigenvalue weighted by molar-refractivity contribution is 6.42. The molecule has 26 heavy (non-hydrogen) atoms. The Morgan fingerprint density at radius 1 is 1.04 bits per heavy atom. The average Bonchev–Trinajstić information content (AvgIpc) is 2.61. The van der Waals surface area contributed by atoms with Crippen molar-refractivity contribution in [3.8, 4) is 0 Å². The zero-order valence-electron chi connectivity index (χ0n) is 13.9. The summed E-state index contributed by atoms with van der Waals surface area (Å²) >= 11 is 24.1. The van der Waals surface area contributed by atoms with Crippen LogP contribution in [0.1, 0.15) is 18.4 Å². The summed E-state index contributed by atoms with van der Waals surface area (Å²) < 4.78 is 0. The van der Waals surface area contributed by atoms with Gasteiger partial charge in [0, 0.05) is 28.8 Å². The predicted molar refractivity (Wildman–Crippen MR) is 110 cm³/mol. The monoisotopic (exact) mass is 430 g/mol. The van der Waals surface area contributed by atoms with Crippen molar-refractivity contribution in [2.24, 2.45) is 5.92 Å². The molecule has 0 spiro atoms. The van der Waals surface area contributed by atoms with Crippen LogP contribution in [0.4, 0.5) is 5.69 Å². The number of halogens is 4. The maximum Gasteiger partial charge on any atom is 0.228 e. The lowest BCUT2D eigenvalue weighted by atomic mass is 9.96. The van der Waals surface area contributed by atoms with Crippen molar-refractivity contribution in [2.75, 3.05) is 18.4 Å². The van der Waals surface area contributed by atoms with E-state index in [-0.39, 0.29) is 11.8 Å². The van der Waals surface area contributed by atoms with Gasteiger partial charge >= 0.3 is 0 Å². The Labute approximate surface area is 173 Å². The van der Waals surface area contributed by atoms with Gasteiger partial charge in [0.15, 0.2) is 0 Å². The van der Waals surface area contributed by atoms with Gasteiger partial charge in [-0.1, -0.05) is 52.5 Å². The maximum atomic E-state index is 12.6. The smallest absolute Gasteiger partial charge is 0.228 e. The number of carbonyl (C=O) groups excluding carboxylic acids is 1. The summed E-state index contributed by atoms with van der Waals surface area (Å²) in [5.41, 5.74) is 1.67. The molecule has 0 saturated carbocycles. The van der Waals surface area contributed by atoms with Crippen LogP contribution in [0.2, 0.25) is 20.1 Å². The van der Waals surface area contributed by atoms with Crippen molar-refractivity contribution >= 4 is 58.0 Å². The summed E-state index contributed by atoms with van der Waals surface area (Å²) in [6.07, 6.45) is 1.82. The van der Waals surface area contributed by atoms with Crippen LogP contribution in [-0.2, 0) is 11.3 Å². The van der Waals surface area contributed by atoms with E-state index in [0.717, 1.165) is 24.9 Å². The second-order valence-electron chi connectivity index (χ2n) is 6.43. The summed E-state index contributed by atoms with van der Waals surface area (Å²) in [5, 5.41) is 5.09. The molecule has 2 aromatic carbocycles. The molecule has 1 fully saturated rings. The minimum Gasteiger partial charge on any atom is -0.326 e. The molecule has 7 heteroatoms. The van der Waals surface area contributed by atoms with Crippen molar-refractivity contribution in [3.05, 3.63) is 62.1 Å². The van der Waals surface area contributed by atoms with E-state index in [2.05, 4.69) is 10.2 Å². The molecule has 1 aliphatic rings. The molecule has 3 nitrogen and oxygen atoms in total. The van der Waals surface area contributed by atoms with E-state index in [4.69, 9.17) is 46.4 Å². The highest BCUT2D eigenvalue weighted by Gasteiger charge is 2.26. The molecule has 1 saturated heterocycles. The van der Waals surface area contributed by atoms with Crippen LogP contribution in [0.3, 0.4) is 0 Å². The van der Waals surface area contributed by atoms with Crippen LogP contribution in [-0.4, -0.2) is 23.9 Å². The fourth-order valence-electron chi connectivity index (χ4n) is 3.12. The third kappa shape index (κ3) is 5.05. The molecule has 2 aromatic rings. The summed E-state index contributed by atoms with van der Waals surface area (Å²) in [6.45, 7) is 2.33. The maximum absolute atomic E-state index is 12.6. The Balaban J connectivity index is 1.62. The first-order chi connectivity index (χ1) is 12.4. The Kier molecular flexibility index (Phi) is 6.70. The van der Waals surface area contributed by atoms with Gasteiger partial charge in [-0.3, -0.25) is 9.69 Å². The Morgan fingerprint density at radius 2 is 1.85 bits per heavy atom. The van der Waals surface area contributed by atoms with Gasteiger partial charge in [0.05, 0.1) is 16.0 Å². The summed E-state index contributed by atoms with van der Waals surface area (Å²) in [4.78, 5) is 14.9. The normalized spacial score (nSPS) is 17.9. The lowest BCUT2D eigenvalue weighted by Crippen LogP contribution is -2.40. The first kappa shape index (κ1) is 19.8. The molecule has 138 valence electrons. The van der Waals surface area contributed by atoms with Crippen molar-refractivity contribution in [2.45, 2.75) is 19.4 Å². The molecule has 0 aromatic heterocycles. The number of carbonyl (C=O) groups is 1. The van der Waals surface area contributed by atoms with Crippen LogP contribution < -0.4 is 5.32 Å². The van der Waals surface area contributed by atoms with E-state index in [1.54, 1.807) is 24.3 Å². The van der Waals surface area contributed by atoms with Gasteiger partial charge in [-0.2, -0.15) is 0 Å². The third-order valence-electron chi connectivity index (χ3n) is 4.47. The van der Waals surface area contributed by atoms with E-state index < -0.39 is 0 Å². The number of rotatable bonds is 4. The van der Waals surface area contributed by atoms with E-state index >= 15 is 0 Å². The van der Waals surface area contributed by atoms with Crippen LogP contribution in [0, 0.1) is 5.92 Å². The lowest BCUT2D eigenvalue weighted by molar-refractivity contribution is -0.121. The number of piperidine rings is 1. The minimum atomic E-state index is -0.0794. The number of amides is 1. The van der Waals surface area contributed by atoms with Gasteiger partial charge in [-0.05, 0) is 55.3 Å². The van der Waals surface area contributed by atoms with Crippen LogP contribution in [0.5, 0.6) is 0 Å². The second-order valence-corrected chi connectivity index (χ2v) is 8.09. The average molecular weight is 432 g/mol. The zero-order chi connectivity index (χ0) is 18.7. The number of hydrogen-bond donors (Lipinski definition) is 1. The fourth-order valence-corrected chi connectivity index (χ4v) is 3.89. The molecule has 1 heterocycles. The molecule has 1 unspecified atom stereocenters. The Bertz CT molecular complexity index is 812. The van der Waals surface area contributed by atoms with Crippen LogP contribution in [0.25, 0.3) is 0 Å². The van der Waals surface area contributed by atoms with Gasteiger partial charge in [-0.25, -0.2) is 0 Å². The van der Waals surface area contributed by atoms with Crippen molar-refractivity contribution in [1.82, 2.24) is 4.90 Å². The predicted octanol–water partition coefficient (Wildman–Crippen LogP) is 6.15. The second kappa shape index (κ2) is 8.81. The molecule has 1 aliphatic heterocycles. The summed E-state index contributed by atoms with van der Waals surface area (Å²) in [7, 11) is 0. The van der Waals surface area contributed by atoms with Gasteiger partial charge in [-0.15, -0.1) is 0 Å².